The molecule has 1 N–H and O–H groups in total. The number of likely N-dealkylation sites (tertiary alicyclic amines) is 1. The Morgan fingerprint density at radius 1 is 1.53 bits per heavy atom. The number of carbonyl (C=O) groups is 1. The molecule has 2 heterocycles. The fourth-order valence-corrected chi connectivity index (χ4v) is 2.11. The first-order valence-corrected chi connectivity index (χ1v) is 5.67. The highest BCUT2D eigenvalue weighted by Crippen LogP contribution is 2.14. The number of β-amino-alcohol motifs (C(OH)–C–C–N with tert-alkyl or cyclic N) is 1. The number of aliphatic hydroxyl groups excluding tert-OH is 1. The molecule has 6 heteroatoms. The van der Waals surface area contributed by atoms with Gasteiger partial charge in [-0.25, -0.2) is 0 Å². The summed E-state index contributed by atoms with van der Waals surface area (Å²) in [5.41, 5.74) is 0. The predicted octanol–water partition coefficient (Wildman–Crippen LogP) is -0.984. The molecule has 0 aliphatic carbocycles. The SMILES string of the molecule is CN(C)[C@@H]1CN(C(=O)Cn2cccn2)C[C@H]1O. The molecule has 94 valence electrons. The quantitative estimate of drug-likeness (QED) is 0.735. The molecule has 1 aromatic heterocycles. The van der Waals surface area contributed by atoms with Crippen LogP contribution < -0.4 is 0 Å². The highest BCUT2D eigenvalue weighted by molar-refractivity contribution is 5.76. The number of nitrogens with zero attached hydrogens (tertiary/aromatic N) is 4. The van der Waals surface area contributed by atoms with Gasteiger partial charge in [0.05, 0.1) is 12.1 Å². The molecule has 0 radical (unpaired) electrons. The molecule has 0 unspecified atom stereocenters. The van der Waals surface area contributed by atoms with Crippen molar-refractivity contribution in [3.63, 3.8) is 0 Å². The largest absolute Gasteiger partial charge is 0.390 e. The van der Waals surface area contributed by atoms with Crippen molar-refractivity contribution in [1.82, 2.24) is 19.6 Å². The van der Waals surface area contributed by atoms with Gasteiger partial charge in [-0.3, -0.25) is 9.48 Å². The lowest BCUT2D eigenvalue weighted by Crippen LogP contribution is -2.38. The zero-order valence-electron chi connectivity index (χ0n) is 10.2. The molecule has 0 saturated carbocycles. The third-order valence-corrected chi connectivity index (χ3v) is 3.13. The molecule has 0 bridgehead atoms. The first kappa shape index (κ1) is 12.1. The highest BCUT2D eigenvalue weighted by Gasteiger charge is 2.35. The summed E-state index contributed by atoms with van der Waals surface area (Å²) in [7, 11) is 3.82. The lowest BCUT2D eigenvalue weighted by Gasteiger charge is -2.21. The van der Waals surface area contributed by atoms with Gasteiger partial charge < -0.3 is 14.9 Å². The van der Waals surface area contributed by atoms with Crippen LogP contribution in [0.2, 0.25) is 0 Å². The van der Waals surface area contributed by atoms with Crippen molar-refractivity contribution in [3.05, 3.63) is 18.5 Å². The fourth-order valence-electron chi connectivity index (χ4n) is 2.11. The maximum Gasteiger partial charge on any atom is 0.244 e. The zero-order valence-corrected chi connectivity index (χ0v) is 10.2. The molecule has 1 aromatic rings. The Morgan fingerprint density at radius 2 is 2.29 bits per heavy atom. The van der Waals surface area contributed by atoms with Crippen molar-refractivity contribution in [2.24, 2.45) is 0 Å². The Labute approximate surface area is 100 Å². The molecule has 6 nitrogen and oxygen atoms in total. The fraction of sp³-hybridized carbons (Fsp3) is 0.636. The van der Waals surface area contributed by atoms with Crippen molar-refractivity contribution in [2.45, 2.75) is 18.7 Å². The number of amides is 1. The van der Waals surface area contributed by atoms with E-state index in [-0.39, 0.29) is 18.5 Å². The summed E-state index contributed by atoms with van der Waals surface area (Å²) in [6.07, 6.45) is 2.94. The van der Waals surface area contributed by atoms with Crippen LogP contribution in [0.25, 0.3) is 0 Å². The first-order chi connectivity index (χ1) is 8.08. The first-order valence-electron chi connectivity index (χ1n) is 5.67. The van der Waals surface area contributed by atoms with E-state index in [2.05, 4.69) is 5.10 Å². The second-order valence-corrected chi connectivity index (χ2v) is 4.60. The Kier molecular flexibility index (Phi) is 3.44. The van der Waals surface area contributed by atoms with Gasteiger partial charge in [0.25, 0.3) is 0 Å². The van der Waals surface area contributed by atoms with E-state index in [1.165, 1.54) is 0 Å². The van der Waals surface area contributed by atoms with Crippen LogP contribution in [0.5, 0.6) is 0 Å². The topological polar surface area (TPSA) is 61.6 Å². The van der Waals surface area contributed by atoms with Crippen molar-refractivity contribution in [1.29, 1.82) is 0 Å². The molecule has 1 aliphatic heterocycles. The van der Waals surface area contributed by atoms with Gasteiger partial charge in [0.2, 0.25) is 5.91 Å². The van der Waals surface area contributed by atoms with Gasteiger partial charge in [0.15, 0.2) is 0 Å². The molecular formula is C11H18N4O2. The predicted molar refractivity (Wildman–Crippen MR) is 62.3 cm³/mol. The third kappa shape index (κ3) is 2.65. The standard InChI is InChI=1S/C11H18N4O2/c1-13(2)9-6-14(7-10(9)16)11(17)8-15-5-3-4-12-15/h3-5,9-10,16H,6-8H2,1-2H3/t9-,10-/m1/s1. The number of carbonyl (C=O) groups excluding carboxylic acids is 1. The minimum absolute atomic E-state index is 0.00269. The van der Waals surface area contributed by atoms with E-state index in [1.807, 2.05) is 19.0 Å². The highest BCUT2D eigenvalue weighted by atomic mass is 16.3. The summed E-state index contributed by atoms with van der Waals surface area (Å²) in [5, 5.41) is 13.8. The van der Waals surface area contributed by atoms with Gasteiger partial charge in [-0.05, 0) is 20.2 Å². The van der Waals surface area contributed by atoms with Gasteiger partial charge in [0.1, 0.15) is 6.54 Å². The van der Waals surface area contributed by atoms with Crippen LogP contribution in [-0.4, -0.2) is 69.9 Å². The Balaban J connectivity index is 1.93. The number of likely N-dealkylation sites (N-methyl/N-ethyl adjacent to an activating group) is 1. The Morgan fingerprint density at radius 3 is 2.82 bits per heavy atom. The van der Waals surface area contributed by atoms with E-state index in [0.717, 1.165) is 0 Å². The summed E-state index contributed by atoms with van der Waals surface area (Å²) in [4.78, 5) is 15.6. The van der Waals surface area contributed by atoms with Crippen LogP contribution >= 0.6 is 0 Å². The number of aliphatic hydroxyl groups is 1. The lowest BCUT2D eigenvalue weighted by atomic mass is 10.2. The molecule has 2 atom stereocenters. The maximum atomic E-state index is 12.0. The molecule has 0 aromatic carbocycles. The van der Waals surface area contributed by atoms with Crippen molar-refractivity contribution in [3.8, 4) is 0 Å². The van der Waals surface area contributed by atoms with E-state index in [4.69, 9.17) is 0 Å². The Bertz CT molecular complexity index is 377. The van der Waals surface area contributed by atoms with Gasteiger partial charge in [-0.15, -0.1) is 0 Å². The van der Waals surface area contributed by atoms with Crippen LogP contribution in [0.4, 0.5) is 0 Å². The van der Waals surface area contributed by atoms with Crippen LogP contribution in [0.1, 0.15) is 0 Å². The average molecular weight is 238 g/mol. The second kappa shape index (κ2) is 4.85. The molecule has 17 heavy (non-hydrogen) atoms. The van der Waals surface area contributed by atoms with Crippen LogP contribution in [-0.2, 0) is 11.3 Å². The molecule has 1 aliphatic rings. The van der Waals surface area contributed by atoms with E-state index in [9.17, 15) is 9.90 Å². The summed E-state index contributed by atoms with van der Waals surface area (Å²) in [6.45, 7) is 1.22. The summed E-state index contributed by atoms with van der Waals surface area (Å²) < 4.78 is 1.59. The normalized spacial score (nSPS) is 24.6. The molecule has 1 fully saturated rings. The molecule has 1 saturated heterocycles. The summed E-state index contributed by atoms with van der Waals surface area (Å²) >= 11 is 0. The van der Waals surface area contributed by atoms with Gasteiger partial charge >= 0.3 is 0 Å². The van der Waals surface area contributed by atoms with Crippen LogP contribution in [0, 0.1) is 0 Å². The third-order valence-electron chi connectivity index (χ3n) is 3.13. The smallest absolute Gasteiger partial charge is 0.244 e. The summed E-state index contributed by atoms with van der Waals surface area (Å²) in [6, 6.07) is 1.81. The van der Waals surface area contributed by atoms with Gasteiger partial charge in [-0.1, -0.05) is 0 Å². The molecule has 1 amide bonds. The van der Waals surface area contributed by atoms with E-state index < -0.39 is 6.10 Å². The van der Waals surface area contributed by atoms with Crippen molar-refractivity contribution >= 4 is 5.91 Å². The van der Waals surface area contributed by atoms with E-state index in [1.54, 1.807) is 28.0 Å². The number of hydrogen-bond donors (Lipinski definition) is 1. The number of rotatable bonds is 3. The van der Waals surface area contributed by atoms with Gasteiger partial charge in [0, 0.05) is 25.5 Å². The molecule has 0 spiro atoms. The van der Waals surface area contributed by atoms with Gasteiger partial charge in [-0.2, -0.15) is 5.10 Å². The van der Waals surface area contributed by atoms with Crippen LogP contribution in [0.15, 0.2) is 18.5 Å². The monoisotopic (exact) mass is 238 g/mol. The van der Waals surface area contributed by atoms with E-state index in [0.29, 0.717) is 13.1 Å². The maximum absolute atomic E-state index is 12.0. The van der Waals surface area contributed by atoms with Crippen molar-refractivity contribution < 1.29 is 9.90 Å². The molecule has 2 rings (SSSR count). The Hall–Kier alpha value is -1.40. The van der Waals surface area contributed by atoms with E-state index >= 15 is 0 Å². The zero-order chi connectivity index (χ0) is 12.4. The molecular weight excluding hydrogens is 220 g/mol. The minimum atomic E-state index is -0.466. The summed E-state index contributed by atoms with van der Waals surface area (Å²) in [5.74, 6) is -0.00269. The second-order valence-electron chi connectivity index (χ2n) is 4.60. The van der Waals surface area contributed by atoms with Crippen molar-refractivity contribution in [2.75, 3.05) is 27.2 Å². The van der Waals surface area contributed by atoms with Crippen LogP contribution in [0.3, 0.4) is 0 Å². The lowest BCUT2D eigenvalue weighted by molar-refractivity contribution is -0.131. The minimum Gasteiger partial charge on any atom is -0.390 e. The average Bonchev–Trinajstić information content (AvgIpc) is 2.86. The number of hydrogen-bond acceptors (Lipinski definition) is 4. The number of aromatic nitrogens is 2.